The molecule has 0 saturated carbocycles. The lowest BCUT2D eigenvalue weighted by Crippen LogP contribution is -2.15. The van der Waals surface area contributed by atoms with E-state index in [0.717, 1.165) is 11.1 Å². The number of sulfone groups is 1. The van der Waals surface area contributed by atoms with E-state index in [2.05, 4.69) is 25.9 Å². The van der Waals surface area contributed by atoms with Gasteiger partial charge in [0, 0.05) is 6.54 Å². The summed E-state index contributed by atoms with van der Waals surface area (Å²) in [6.45, 7) is 5.54. The van der Waals surface area contributed by atoms with E-state index in [-0.39, 0.29) is 21.7 Å². The summed E-state index contributed by atoms with van der Waals surface area (Å²) in [5.41, 5.74) is 2.81. The van der Waals surface area contributed by atoms with Crippen LogP contribution in [0.5, 0.6) is 5.75 Å². The van der Waals surface area contributed by atoms with Crippen LogP contribution in [0.4, 0.5) is 23.1 Å². The third-order valence-corrected chi connectivity index (χ3v) is 7.58. The normalized spacial score (nSPS) is 11.2. The molecule has 0 fully saturated rings. The van der Waals surface area contributed by atoms with Gasteiger partial charge in [0.1, 0.15) is 10.8 Å². The van der Waals surface area contributed by atoms with Crippen molar-refractivity contribution >= 4 is 51.0 Å². The highest BCUT2D eigenvalue weighted by Crippen LogP contribution is 2.33. The second-order valence-corrected chi connectivity index (χ2v) is 10.6. The van der Waals surface area contributed by atoms with Gasteiger partial charge in [0.05, 0.1) is 34.8 Å². The van der Waals surface area contributed by atoms with Gasteiger partial charge in [-0.15, -0.1) is 0 Å². The number of hydrogen-bond donors (Lipinski definition) is 3. The first-order valence-corrected chi connectivity index (χ1v) is 12.3. The highest BCUT2D eigenvalue weighted by Gasteiger charge is 2.23. The Balaban J connectivity index is 1.94. The summed E-state index contributed by atoms with van der Waals surface area (Å²) in [5.74, 6) is 1.01. The number of ether oxygens (including phenoxy) is 1. The van der Waals surface area contributed by atoms with Crippen LogP contribution in [0.1, 0.15) is 25.0 Å². The van der Waals surface area contributed by atoms with Crippen molar-refractivity contribution in [2.75, 3.05) is 17.7 Å². The standard InChI is InChI=1S/C23H26ClN5O4S/c1-14(2)34(31,32)21-8-6-5-7-18(21)27-22-17(24)12-26-23(29-22)28-19-9-15(3)16(11-25-13-30)10-20(19)33-4/h5-10,12-14H,11H2,1-4H3,(H,25,30)(H2,26,27,28,29). The van der Waals surface area contributed by atoms with Crippen molar-refractivity contribution in [2.24, 2.45) is 0 Å². The molecule has 1 aromatic heterocycles. The van der Waals surface area contributed by atoms with E-state index in [1.165, 1.54) is 13.3 Å². The van der Waals surface area contributed by atoms with Crippen molar-refractivity contribution in [2.45, 2.75) is 37.5 Å². The number of carbonyl (C=O) groups excluding carboxylic acids is 1. The molecular weight excluding hydrogens is 478 g/mol. The van der Waals surface area contributed by atoms with Gasteiger partial charge >= 0.3 is 0 Å². The Bertz CT molecular complexity index is 1300. The van der Waals surface area contributed by atoms with Gasteiger partial charge in [-0.05, 0) is 56.2 Å². The number of anilines is 4. The lowest BCUT2D eigenvalue weighted by atomic mass is 10.1. The third-order valence-electron chi connectivity index (χ3n) is 5.09. The van der Waals surface area contributed by atoms with E-state index < -0.39 is 15.1 Å². The molecule has 0 aliphatic carbocycles. The highest BCUT2D eigenvalue weighted by molar-refractivity contribution is 7.92. The molecule has 9 nitrogen and oxygen atoms in total. The van der Waals surface area contributed by atoms with Gasteiger partial charge in [-0.3, -0.25) is 4.79 Å². The second-order valence-electron chi connectivity index (χ2n) is 7.71. The predicted octanol–water partition coefficient (Wildman–Crippen LogP) is 4.36. The van der Waals surface area contributed by atoms with Gasteiger partial charge in [-0.2, -0.15) is 4.98 Å². The predicted molar refractivity (Wildman–Crippen MR) is 133 cm³/mol. The van der Waals surface area contributed by atoms with Crippen LogP contribution in [-0.4, -0.2) is 37.2 Å². The van der Waals surface area contributed by atoms with Crippen LogP contribution in [0.25, 0.3) is 0 Å². The number of nitrogens with zero attached hydrogens (tertiary/aromatic N) is 2. The molecule has 0 atom stereocenters. The minimum Gasteiger partial charge on any atom is -0.495 e. The second kappa shape index (κ2) is 10.7. The van der Waals surface area contributed by atoms with Gasteiger partial charge in [-0.25, -0.2) is 13.4 Å². The Labute approximate surface area is 203 Å². The number of aromatic nitrogens is 2. The number of para-hydroxylation sites is 1. The average molecular weight is 504 g/mol. The Morgan fingerprint density at radius 3 is 2.56 bits per heavy atom. The first kappa shape index (κ1) is 25.3. The number of hydrogen-bond acceptors (Lipinski definition) is 8. The summed E-state index contributed by atoms with van der Waals surface area (Å²) in [5, 5.41) is 8.41. The minimum absolute atomic E-state index is 0.158. The van der Waals surface area contributed by atoms with E-state index in [0.29, 0.717) is 30.1 Å². The maximum absolute atomic E-state index is 12.8. The van der Waals surface area contributed by atoms with Crippen molar-refractivity contribution < 1.29 is 17.9 Å². The van der Waals surface area contributed by atoms with Crippen molar-refractivity contribution in [3.63, 3.8) is 0 Å². The molecule has 3 N–H and O–H groups in total. The van der Waals surface area contributed by atoms with Gasteiger partial charge < -0.3 is 20.7 Å². The van der Waals surface area contributed by atoms with Crippen molar-refractivity contribution in [1.82, 2.24) is 15.3 Å². The molecule has 0 aliphatic heterocycles. The number of aryl methyl sites for hydroxylation is 1. The van der Waals surface area contributed by atoms with Gasteiger partial charge in [0.25, 0.3) is 0 Å². The third kappa shape index (κ3) is 5.57. The Hall–Kier alpha value is -3.37. The molecule has 11 heteroatoms. The van der Waals surface area contributed by atoms with Gasteiger partial charge in [-0.1, -0.05) is 23.7 Å². The van der Waals surface area contributed by atoms with Crippen LogP contribution in [0, 0.1) is 6.92 Å². The molecule has 0 saturated heterocycles. The van der Waals surface area contributed by atoms with E-state index >= 15 is 0 Å². The molecule has 1 heterocycles. The van der Waals surface area contributed by atoms with Crippen molar-refractivity contribution in [3.8, 4) is 5.75 Å². The zero-order chi connectivity index (χ0) is 24.9. The van der Waals surface area contributed by atoms with Crippen LogP contribution >= 0.6 is 11.6 Å². The van der Waals surface area contributed by atoms with Crippen molar-refractivity contribution in [3.05, 3.63) is 58.7 Å². The summed E-state index contributed by atoms with van der Waals surface area (Å²) in [7, 11) is -2.00. The first-order chi connectivity index (χ1) is 16.2. The number of rotatable bonds is 10. The SMILES string of the molecule is COc1cc(CNC=O)c(C)cc1Nc1ncc(Cl)c(Nc2ccccc2S(=O)(=O)C(C)C)n1. The molecule has 0 aliphatic rings. The van der Waals surface area contributed by atoms with Gasteiger partial charge in [0.15, 0.2) is 15.7 Å². The van der Waals surface area contributed by atoms with E-state index in [1.54, 1.807) is 38.1 Å². The molecule has 0 bridgehead atoms. The number of amides is 1. The van der Waals surface area contributed by atoms with Crippen LogP contribution < -0.4 is 20.7 Å². The molecule has 1 amide bonds. The summed E-state index contributed by atoms with van der Waals surface area (Å²) in [6.07, 6.45) is 2.05. The lowest BCUT2D eigenvalue weighted by Gasteiger charge is -2.16. The number of carbonyl (C=O) groups is 1. The molecular formula is C23H26ClN5O4S. The molecule has 3 aromatic rings. The smallest absolute Gasteiger partial charge is 0.229 e. The summed E-state index contributed by atoms with van der Waals surface area (Å²) in [4.78, 5) is 19.4. The molecule has 0 spiro atoms. The lowest BCUT2D eigenvalue weighted by molar-refractivity contribution is -0.109. The van der Waals surface area contributed by atoms with E-state index in [9.17, 15) is 13.2 Å². The van der Waals surface area contributed by atoms with Crippen LogP contribution in [0.2, 0.25) is 5.02 Å². The molecule has 0 unspecified atom stereocenters. The maximum Gasteiger partial charge on any atom is 0.229 e. The molecule has 2 aromatic carbocycles. The fraction of sp³-hybridized carbons (Fsp3) is 0.261. The number of halogens is 1. The molecule has 3 rings (SSSR count). The number of methoxy groups -OCH3 is 1. The molecule has 0 radical (unpaired) electrons. The largest absolute Gasteiger partial charge is 0.495 e. The van der Waals surface area contributed by atoms with Crippen LogP contribution in [0.3, 0.4) is 0 Å². The first-order valence-electron chi connectivity index (χ1n) is 10.4. The molecule has 34 heavy (non-hydrogen) atoms. The summed E-state index contributed by atoms with van der Waals surface area (Å²) in [6, 6.07) is 10.3. The van der Waals surface area contributed by atoms with Gasteiger partial charge in [0.2, 0.25) is 12.4 Å². The number of benzene rings is 2. The van der Waals surface area contributed by atoms with E-state index in [4.69, 9.17) is 16.3 Å². The fourth-order valence-corrected chi connectivity index (χ4v) is 4.51. The monoisotopic (exact) mass is 503 g/mol. The Morgan fingerprint density at radius 2 is 1.88 bits per heavy atom. The quantitative estimate of drug-likeness (QED) is 0.349. The zero-order valence-corrected chi connectivity index (χ0v) is 20.8. The topological polar surface area (TPSA) is 122 Å². The average Bonchev–Trinajstić information content (AvgIpc) is 2.81. The highest BCUT2D eigenvalue weighted by atomic mass is 35.5. The van der Waals surface area contributed by atoms with Crippen LogP contribution in [-0.2, 0) is 21.2 Å². The summed E-state index contributed by atoms with van der Waals surface area (Å²) >= 11 is 6.31. The minimum atomic E-state index is -3.53. The number of nitrogens with one attached hydrogen (secondary N) is 3. The summed E-state index contributed by atoms with van der Waals surface area (Å²) < 4.78 is 31.0. The van der Waals surface area contributed by atoms with Crippen molar-refractivity contribution in [1.29, 1.82) is 0 Å². The fourth-order valence-electron chi connectivity index (χ4n) is 3.17. The van der Waals surface area contributed by atoms with E-state index in [1.807, 2.05) is 19.1 Å². The Kier molecular flexibility index (Phi) is 7.95. The Morgan fingerprint density at radius 1 is 1.15 bits per heavy atom. The molecule has 180 valence electrons. The maximum atomic E-state index is 12.8. The zero-order valence-electron chi connectivity index (χ0n) is 19.2. The van der Waals surface area contributed by atoms with Crippen LogP contribution in [0.15, 0.2) is 47.5 Å².